The minimum Gasteiger partial charge on any atom is -0.454 e. The molecule has 166 valence electrons. The fraction of sp³-hybridized carbons (Fsp3) is 0.435. The Morgan fingerprint density at radius 1 is 1.10 bits per heavy atom. The van der Waals surface area contributed by atoms with Gasteiger partial charge < -0.3 is 15.4 Å². The highest BCUT2D eigenvalue weighted by molar-refractivity contribution is 7.89. The number of hydrogen-bond donors (Lipinski definition) is 2. The van der Waals surface area contributed by atoms with Crippen molar-refractivity contribution in [3.05, 3.63) is 41.5 Å². The van der Waals surface area contributed by atoms with Crippen LogP contribution in [0.2, 0.25) is 0 Å². The molecule has 4 rings (SSSR count). The van der Waals surface area contributed by atoms with Crippen LogP contribution in [0.25, 0.3) is 0 Å². The number of ether oxygens (including phenoxy) is 1. The monoisotopic (exact) mass is 443 g/mol. The summed E-state index contributed by atoms with van der Waals surface area (Å²) in [5, 5.41) is 6.27. The normalized spacial score (nSPS) is 16.3. The molecular formula is C23H29N3O4S. The first-order valence-corrected chi connectivity index (χ1v) is 12.3. The van der Waals surface area contributed by atoms with E-state index in [-0.39, 0.29) is 22.4 Å². The SMILES string of the molecule is CCN(CC)S(=O)(=O)c1cc2c(cc1NC1CCCC1)Oc1ccc(C)cc1NC2=O. The Balaban J connectivity index is 1.85. The maximum absolute atomic E-state index is 13.4. The summed E-state index contributed by atoms with van der Waals surface area (Å²) in [5.74, 6) is 0.491. The number of fused-ring (bicyclic) bond motifs is 2. The summed E-state index contributed by atoms with van der Waals surface area (Å²) in [6, 6.07) is 8.88. The number of anilines is 2. The van der Waals surface area contributed by atoms with Crippen molar-refractivity contribution >= 4 is 27.3 Å². The minimum atomic E-state index is -3.78. The Morgan fingerprint density at radius 3 is 2.48 bits per heavy atom. The lowest BCUT2D eigenvalue weighted by atomic mass is 10.1. The molecule has 31 heavy (non-hydrogen) atoms. The Bertz CT molecular complexity index is 1100. The molecule has 0 bridgehead atoms. The van der Waals surface area contributed by atoms with Gasteiger partial charge >= 0.3 is 0 Å². The largest absolute Gasteiger partial charge is 0.454 e. The van der Waals surface area contributed by atoms with Crippen molar-refractivity contribution in [2.45, 2.75) is 57.4 Å². The maximum atomic E-state index is 13.4. The number of carbonyl (C=O) groups excluding carboxylic acids is 1. The van der Waals surface area contributed by atoms with E-state index in [0.717, 1.165) is 31.2 Å². The van der Waals surface area contributed by atoms with Gasteiger partial charge in [-0.15, -0.1) is 0 Å². The zero-order chi connectivity index (χ0) is 22.2. The van der Waals surface area contributed by atoms with Gasteiger partial charge in [0.1, 0.15) is 10.6 Å². The number of sulfonamides is 1. The van der Waals surface area contributed by atoms with Crippen molar-refractivity contribution in [3.63, 3.8) is 0 Å². The molecule has 2 aliphatic rings. The summed E-state index contributed by atoms with van der Waals surface area (Å²) in [5.41, 5.74) is 2.25. The number of nitrogens with one attached hydrogen (secondary N) is 2. The molecule has 0 aromatic heterocycles. The van der Waals surface area contributed by atoms with Gasteiger partial charge in [0, 0.05) is 25.2 Å². The van der Waals surface area contributed by atoms with E-state index in [1.165, 1.54) is 10.4 Å². The van der Waals surface area contributed by atoms with Crippen LogP contribution in [0.1, 0.15) is 55.5 Å². The number of aryl methyl sites for hydroxylation is 1. The second kappa shape index (κ2) is 8.51. The molecule has 0 radical (unpaired) electrons. The zero-order valence-corrected chi connectivity index (χ0v) is 19.0. The Labute approximate surface area is 183 Å². The molecule has 2 aromatic rings. The maximum Gasteiger partial charge on any atom is 0.259 e. The van der Waals surface area contributed by atoms with Crippen molar-refractivity contribution in [1.82, 2.24) is 4.31 Å². The summed E-state index contributed by atoms with van der Waals surface area (Å²) in [6.07, 6.45) is 4.22. The summed E-state index contributed by atoms with van der Waals surface area (Å²) < 4.78 is 34.4. The van der Waals surface area contributed by atoms with E-state index in [1.807, 2.05) is 39.0 Å². The van der Waals surface area contributed by atoms with E-state index in [2.05, 4.69) is 10.6 Å². The quantitative estimate of drug-likeness (QED) is 0.673. The molecule has 2 aromatic carbocycles. The van der Waals surface area contributed by atoms with E-state index in [0.29, 0.717) is 36.0 Å². The van der Waals surface area contributed by atoms with Crippen molar-refractivity contribution in [2.24, 2.45) is 0 Å². The molecule has 7 nitrogen and oxygen atoms in total. The summed E-state index contributed by atoms with van der Waals surface area (Å²) in [7, 11) is -3.78. The smallest absolute Gasteiger partial charge is 0.259 e. The van der Waals surface area contributed by atoms with Crippen LogP contribution >= 0.6 is 0 Å². The van der Waals surface area contributed by atoms with Gasteiger partial charge in [0.2, 0.25) is 10.0 Å². The minimum absolute atomic E-state index is 0.114. The van der Waals surface area contributed by atoms with Gasteiger partial charge in [-0.25, -0.2) is 8.42 Å². The predicted octanol–water partition coefficient (Wildman–Crippen LogP) is 4.74. The van der Waals surface area contributed by atoms with Gasteiger partial charge in [-0.1, -0.05) is 32.8 Å². The molecule has 0 unspecified atom stereocenters. The highest BCUT2D eigenvalue weighted by Crippen LogP contribution is 2.41. The molecule has 1 amide bonds. The van der Waals surface area contributed by atoms with Crippen molar-refractivity contribution in [1.29, 1.82) is 0 Å². The van der Waals surface area contributed by atoms with Gasteiger partial charge in [0.05, 0.1) is 16.9 Å². The molecule has 1 aliphatic heterocycles. The number of benzene rings is 2. The van der Waals surface area contributed by atoms with Gasteiger partial charge in [-0.05, 0) is 43.5 Å². The third-order valence-electron chi connectivity index (χ3n) is 5.97. The topological polar surface area (TPSA) is 87.7 Å². The van der Waals surface area contributed by atoms with Gasteiger partial charge in [-0.3, -0.25) is 4.79 Å². The third kappa shape index (κ3) is 4.14. The lowest BCUT2D eigenvalue weighted by Gasteiger charge is -2.24. The molecular weight excluding hydrogens is 414 g/mol. The van der Waals surface area contributed by atoms with E-state index < -0.39 is 10.0 Å². The van der Waals surface area contributed by atoms with Crippen molar-refractivity contribution in [3.8, 4) is 11.5 Å². The molecule has 0 atom stereocenters. The molecule has 2 N–H and O–H groups in total. The average molecular weight is 444 g/mol. The number of hydrogen-bond acceptors (Lipinski definition) is 5. The van der Waals surface area contributed by atoms with Crippen molar-refractivity contribution in [2.75, 3.05) is 23.7 Å². The molecule has 0 saturated heterocycles. The lowest BCUT2D eigenvalue weighted by molar-refractivity contribution is 0.102. The fourth-order valence-corrected chi connectivity index (χ4v) is 5.90. The Hall–Kier alpha value is -2.58. The summed E-state index contributed by atoms with van der Waals surface area (Å²) in [4.78, 5) is 13.1. The van der Waals surface area contributed by atoms with E-state index >= 15 is 0 Å². The summed E-state index contributed by atoms with van der Waals surface area (Å²) in [6.45, 7) is 6.26. The van der Waals surface area contributed by atoms with E-state index in [4.69, 9.17) is 4.74 Å². The molecule has 0 spiro atoms. The van der Waals surface area contributed by atoms with Crippen LogP contribution in [0.3, 0.4) is 0 Å². The van der Waals surface area contributed by atoms with Crippen LogP contribution in [-0.2, 0) is 10.0 Å². The first-order chi connectivity index (χ1) is 14.8. The van der Waals surface area contributed by atoms with Gasteiger partial charge in [-0.2, -0.15) is 4.31 Å². The summed E-state index contributed by atoms with van der Waals surface area (Å²) >= 11 is 0. The average Bonchev–Trinajstić information content (AvgIpc) is 3.19. The molecule has 8 heteroatoms. The first kappa shape index (κ1) is 21.6. The zero-order valence-electron chi connectivity index (χ0n) is 18.2. The molecule has 1 fully saturated rings. The number of rotatable bonds is 6. The second-order valence-electron chi connectivity index (χ2n) is 8.12. The van der Waals surface area contributed by atoms with E-state index in [1.54, 1.807) is 6.07 Å². The predicted molar refractivity (Wildman–Crippen MR) is 122 cm³/mol. The first-order valence-electron chi connectivity index (χ1n) is 10.9. The highest BCUT2D eigenvalue weighted by Gasteiger charge is 2.31. The van der Waals surface area contributed by atoms with Gasteiger partial charge in [0.25, 0.3) is 5.91 Å². The fourth-order valence-electron chi connectivity index (χ4n) is 4.28. The Kier molecular flexibility index (Phi) is 5.94. The number of amides is 1. The highest BCUT2D eigenvalue weighted by atomic mass is 32.2. The second-order valence-corrected chi connectivity index (χ2v) is 10.0. The number of carbonyl (C=O) groups is 1. The van der Waals surface area contributed by atoms with Crippen molar-refractivity contribution < 1.29 is 17.9 Å². The van der Waals surface area contributed by atoms with Crippen LogP contribution in [-0.4, -0.2) is 37.8 Å². The Morgan fingerprint density at radius 2 is 1.81 bits per heavy atom. The van der Waals surface area contributed by atoms with Crippen LogP contribution in [0.4, 0.5) is 11.4 Å². The lowest BCUT2D eigenvalue weighted by Crippen LogP contribution is -2.32. The van der Waals surface area contributed by atoms with E-state index in [9.17, 15) is 13.2 Å². The standard InChI is InChI=1S/C23H29N3O4S/c1-4-26(5-2)31(28,29)22-13-17-21(14-19(22)24-16-8-6-7-9-16)30-20-11-10-15(3)12-18(20)25-23(17)27/h10-14,16,24H,4-9H2,1-3H3,(H,25,27). The van der Waals surface area contributed by atoms with Gasteiger partial charge in [0.15, 0.2) is 5.75 Å². The van der Waals surface area contributed by atoms with Crippen LogP contribution in [0.5, 0.6) is 11.5 Å². The van der Waals surface area contributed by atoms with Crippen LogP contribution in [0.15, 0.2) is 35.2 Å². The molecule has 1 saturated carbocycles. The van der Waals surface area contributed by atoms with Crippen LogP contribution in [0, 0.1) is 6.92 Å². The third-order valence-corrected chi connectivity index (χ3v) is 8.06. The van der Waals surface area contributed by atoms with Crippen LogP contribution < -0.4 is 15.4 Å². The molecule has 1 aliphatic carbocycles. The molecule has 1 heterocycles. The number of nitrogens with zero attached hydrogens (tertiary/aromatic N) is 1.